The molecule has 1 atom stereocenters. The summed E-state index contributed by atoms with van der Waals surface area (Å²) in [5.74, 6) is -1.37. The van der Waals surface area contributed by atoms with Gasteiger partial charge < -0.3 is 10.2 Å². The average Bonchev–Trinajstić information content (AvgIpc) is 3.56. The van der Waals surface area contributed by atoms with E-state index in [1.807, 2.05) is 30.3 Å². The van der Waals surface area contributed by atoms with Crippen molar-refractivity contribution in [1.29, 1.82) is 0 Å². The number of carbonyl (C=O) groups is 2. The summed E-state index contributed by atoms with van der Waals surface area (Å²) >= 11 is 6.50. The van der Waals surface area contributed by atoms with Gasteiger partial charge in [0, 0.05) is 19.0 Å². The standard InChI is InChI=1S/C35H35ClFN3O4S/c36-31-17-9-10-18-32(31)40(45(43,44)30-15-5-2-6-16-30)25-34(41)39(24-27-19-21-28(37)22-20-27)33(23-26-11-3-1-4-12-26)35(42)38-29-13-7-8-14-29/h1-6,9-12,15-22,29,33H,7-8,13-14,23-25H2,(H,38,42). The van der Waals surface area contributed by atoms with Gasteiger partial charge in [0.25, 0.3) is 10.0 Å². The Morgan fingerprint density at radius 1 is 0.822 bits per heavy atom. The topological polar surface area (TPSA) is 86.8 Å². The van der Waals surface area contributed by atoms with Gasteiger partial charge in [-0.25, -0.2) is 12.8 Å². The van der Waals surface area contributed by atoms with Crippen LogP contribution in [0.4, 0.5) is 10.1 Å². The van der Waals surface area contributed by atoms with E-state index in [-0.39, 0.29) is 40.5 Å². The Hall–Kier alpha value is -4.21. The van der Waals surface area contributed by atoms with E-state index in [0.717, 1.165) is 35.6 Å². The van der Waals surface area contributed by atoms with Crippen LogP contribution in [0.15, 0.2) is 114 Å². The lowest BCUT2D eigenvalue weighted by Gasteiger charge is -2.34. The molecule has 5 rings (SSSR count). The molecule has 1 fully saturated rings. The Labute approximate surface area is 268 Å². The largest absolute Gasteiger partial charge is 0.352 e. The molecule has 4 aromatic rings. The molecule has 1 aliphatic carbocycles. The fourth-order valence-corrected chi connectivity index (χ4v) is 7.34. The highest BCUT2D eigenvalue weighted by Gasteiger charge is 2.36. The van der Waals surface area contributed by atoms with Crippen LogP contribution in [-0.2, 0) is 32.6 Å². The van der Waals surface area contributed by atoms with Crippen molar-refractivity contribution < 1.29 is 22.4 Å². The van der Waals surface area contributed by atoms with E-state index in [1.165, 1.54) is 35.2 Å². The van der Waals surface area contributed by atoms with Gasteiger partial charge in [-0.2, -0.15) is 0 Å². The molecule has 0 aliphatic heterocycles. The summed E-state index contributed by atoms with van der Waals surface area (Å²) in [6.07, 6.45) is 3.92. The molecule has 0 spiro atoms. The Morgan fingerprint density at radius 2 is 1.42 bits per heavy atom. The smallest absolute Gasteiger partial charge is 0.264 e. The molecule has 45 heavy (non-hydrogen) atoms. The molecule has 1 saturated carbocycles. The van der Waals surface area contributed by atoms with Gasteiger partial charge in [0.05, 0.1) is 15.6 Å². The number of nitrogens with one attached hydrogen (secondary N) is 1. The Kier molecular flexibility index (Phi) is 10.5. The van der Waals surface area contributed by atoms with Crippen LogP contribution in [0.5, 0.6) is 0 Å². The number of nitrogens with zero attached hydrogens (tertiary/aromatic N) is 2. The highest BCUT2D eigenvalue weighted by molar-refractivity contribution is 7.92. The maximum atomic E-state index is 14.5. The molecule has 10 heteroatoms. The van der Waals surface area contributed by atoms with Gasteiger partial charge in [-0.15, -0.1) is 0 Å². The lowest BCUT2D eigenvalue weighted by Crippen LogP contribution is -2.54. The SMILES string of the molecule is O=C(NC1CCCC1)C(Cc1ccccc1)N(Cc1ccc(F)cc1)C(=O)CN(c1ccccc1Cl)S(=O)(=O)c1ccccc1. The maximum absolute atomic E-state index is 14.5. The predicted molar refractivity (Wildman–Crippen MR) is 174 cm³/mol. The molecule has 0 saturated heterocycles. The fraction of sp³-hybridized carbons (Fsp3) is 0.257. The summed E-state index contributed by atoms with van der Waals surface area (Å²) in [6, 6.07) is 28.3. The lowest BCUT2D eigenvalue weighted by atomic mass is 10.0. The summed E-state index contributed by atoms with van der Waals surface area (Å²) in [5, 5.41) is 3.28. The highest BCUT2D eigenvalue weighted by atomic mass is 35.5. The molecule has 0 bridgehead atoms. The number of para-hydroxylation sites is 1. The highest BCUT2D eigenvalue weighted by Crippen LogP contribution is 2.31. The van der Waals surface area contributed by atoms with Gasteiger partial charge in [0.15, 0.2) is 0 Å². The molecule has 234 valence electrons. The van der Waals surface area contributed by atoms with Gasteiger partial charge in [0.1, 0.15) is 18.4 Å². The third kappa shape index (κ3) is 8.09. The van der Waals surface area contributed by atoms with Crippen molar-refractivity contribution in [2.75, 3.05) is 10.8 Å². The minimum atomic E-state index is -4.26. The monoisotopic (exact) mass is 647 g/mol. The molecule has 0 radical (unpaired) electrons. The van der Waals surface area contributed by atoms with E-state index in [4.69, 9.17) is 11.6 Å². The van der Waals surface area contributed by atoms with Crippen molar-refractivity contribution in [3.05, 3.63) is 131 Å². The third-order valence-corrected chi connectivity index (χ3v) is 10.1. The Morgan fingerprint density at radius 3 is 2.07 bits per heavy atom. The summed E-state index contributed by atoms with van der Waals surface area (Å²) in [5.41, 5.74) is 1.56. The lowest BCUT2D eigenvalue weighted by molar-refractivity contribution is -0.140. The molecule has 1 aliphatic rings. The number of benzene rings is 4. The van der Waals surface area contributed by atoms with Crippen molar-refractivity contribution in [1.82, 2.24) is 10.2 Å². The fourth-order valence-electron chi connectivity index (χ4n) is 5.60. The average molecular weight is 648 g/mol. The second-order valence-electron chi connectivity index (χ2n) is 11.1. The summed E-state index contributed by atoms with van der Waals surface area (Å²) in [7, 11) is -4.26. The maximum Gasteiger partial charge on any atom is 0.264 e. The van der Waals surface area contributed by atoms with Crippen LogP contribution < -0.4 is 9.62 Å². The van der Waals surface area contributed by atoms with Gasteiger partial charge in [-0.3, -0.25) is 13.9 Å². The van der Waals surface area contributed by atoms with Crippen molar-refractivity contribution in [3.63, 3.8) is 0 Å². The molecule has 4 aromatic carbocycles. The molecule has 1 N–H and O–H groups in total. The van der Waals surface area contributed by atoms with Crippen LogP contribution in [0.1, 0.15) is 36.8 Å². The predicted octanol–water partition coefficient (Wildman–Crippen LogP) is 6.37. The Balaban J connectivity index is 1.56. The van der Waals surface area contributed by atoms with E-state index in [1.54, 1.807) is 48.5 Å². The van der Waals surface area contributed by atoms with Crippen LogP contribution in [-0.4, -0.2) is 43.8 Å². The Bertz CT molecular complexity index is 1700. The van der Waals surface area contributed by atoms with Crippen LogP contribution in [0.25, 0.3) is 0 Å². The number of hydrogen-bond acceptors (Lipinski definition) is 4. The first kappa shape index (κ1) is 32.2. The molecule has 7 nitrogen and oxygen atoms in total. The second kappa shape index (κ2) is 14.7. The van der Waals surface area contributed by atoms with E-state index in [2.05, 4.69) is 5.32 Å². The first-order valence-electron chi connectivity index (χ1n) is 14.9. The minimum Gasteiger partial charge on any atom is -0.352 e. The second-order valence-corrected chi connectivity index (χ2v) is 13.4. The number of amides is 2. The number of hydrogen-bond donors (Lipinski definition) is 1. The minimum absolute atomic E-state index is 0.00312. The van der Waals surface area contributed by atoms with Crippen molar-refractivity contribution in [2.24, 2.45) is 0 Å². The summed E-state index contributed by atoms with van der Waals surface area (Å²) < 4.78 is 42.9. The summed E-state index contributed by atoms with van der Waals surface area (Å²) in [4.78, 5) is 29.9. The summed E-state index contributed by atoms with van der Waals surface area (Å²) in [6.45, 7) is -0.666. The van der Waals surface area contributed by atoms with E-state index >= 15 is 0 Å². The molecule has 0 aromatic heterocycles. The van der Waals surface area contributed by atoms with Crippen LogP contribution in [0.2, 0.25) is 5.02 Å². The van der Waals surface area contributed by atoms with Crippen LogP contribution in [0, 0.1) is 5.82 Å². The number of anilines is 1. The van der Waals surface area contributed by atoms with Gasteiger partial charge in [-0.05, 0) is 60.4 Å². The molecule has 1 unspecified atom stereocenters. The van der Waals surface area contributed by atoms with E-state index in [9.17, 15) is 22.4 Å². The van der Waals surface area contributed by atoms with Crippen molar-refractivity contribution in [2.45, 2.75) is 55.6 Å². The zero-order valence-electron chi connectivity index (χ0n) is 24.7. The third-order valence-electron chi connectivity index (χ3n) is 7.97. The number of carbonyl (C=O) groups excluding carboxylic acids is 2. The number of sulfonamides is 1. The number of rotatable bonds is 12. The zero-order valence-corrected chi connectivity index (χ0v) is 26.3. The quantitative estimate of drug-likeness (QED) is 0.194. The van der Waals surface area contributed by atoms with Crippen LogP contribution in [0.3, 0.4) is 0 Å². The van der Waals surface area contributed by atoms with Gasteiger partial charge in [-0.1, -0.05) is 97.2 Å². The van der Waals surface area contributed by atoms with Gasteiger partial charge >= 0.3 is 0 Å². The molecular weight excluding hydrogens is 613 g/mol. The molecule has 0 heterocycles. The molecule has 2 amide bonds. The van der Waals surface area contributed by atoms with Gasteiger partial charge in [0.2, 0.25) is 11.8 Å². The number of halogens is 2. The molecular formula is C35H35ClFN3O4S. The van der Waals surface area contributed by atoms with Crippen LogP contribution >= 0.6 is 11.6 Å². The van der Waals surface area contributed by atoms with E-state index in [0.29, 0.717) is 5.56 Å². The first-order valence-corrected chi connectivity index (χ1v) is 16.7. The normalized spacial score (nSPS) is 14.1. The van der Waals surface area contributed by atoms with Crippen molar-refractivity contribution in [3.8, 4) is 0 Å². The first-order chi connectivity index (χ1) is 21.7. The van der Waals surface area contributed by atoms with E-state index < -0.39 is 34.3 Å². The van der Waals surface area contributed by atoms with Crippen molar-refractivity contribution >= 4 is 39.1 Å². The zero-order chi connectivity index (χ0) is 31.8.